The van der Waals surface area contributed by atoms with Crippen LogP contribution in [0.5, 0.6) is 0 Å². The Kier molecular flexibility index (Phi) is 4.20. The Labute approximate surface area is 113 Å². The molecular formula is C12H17N3O3S. The maximum Gasteiger partial charge on any atom is 0.244 e. The smallest absolute Gasteiger partial charge is 0.244 e. The van der Waals surface area contributed by atoms with E-state index in [0.717, 1.165) is 4.31 Å². The lowest BCUT2D eigenvalue weighted by molar-refractivity contribution is 0.0640. The molecule has 1 rings (SSSR count). The molecule has 6 nitrogen and oxygen atoms in total. The number of hydrogen-bond acceptors (Lipinski definition) is 5. The van der Waals surface area contributed by atoms with E-state index in [4.69, 9.17) is 11.0 Å². The summed E-state index contributed by atoms with van der Waals surface area (Å²) >= 11 is 0. The van der Waals surface area contributed by atoms with Gasteiger partial charge in [0, 0.05) is 13.6 Å². The minimum absolute atomic E-state index is 0.0154. The van der Waals surface area contributed by atoms with Crippen LogP contribution in [-0.2, 0) is 10.0 Å². The molecule has 1 aromatic rings. The second kappa shape index (κ2) is 5.17. The van der Waals surface area contributed by atoms with Crippen LogP contribution in [0.2, 0.25) is 0 Å². The highest BCUT2D eigenvalue weighted by Crippen LogP contribution is 2.23. The van der Waals surface area contributed by atoms with Crippen LogP contribution in [0.15, 0.2) is 23.1 Å². The van der Waals surface area contributed by atoms with Gasteiger partial charge < -0.3 is 10.8 Å². The standard InChI is InChI=1S/C12H17N3O3S/c1-12(2,16)8-15(3)19(17,18)11-5-4-9(7-13)6-10(11)14/h4-6,16H,8,14H2,1-3H3. The Bertz CT molecular complexity index is 612. The van der Waals surface area contributed by atoms with Crippen LogP contribution >= 0.6 is 0 Å². The number of nitrogens with two attached hydrogens (primary N) is 1. The molecule has 19 heavy (non-hydrogen) atoms. The highest BCUT2D eigenvalue weighted by Gasteiger charge is 2.27. The fraction of sp³-hybridized carbons (Fsp3) is 0.417. The lowest BCUT2D eigenvalue weighted by Crippen LogP contribution is -2.39. The number of likely N-dealkylation sites (N-methyl/N-ethyl adjacent to an activating group) is 1. The Morgan fingerprint density at radius 1 is 1.47 bits per heavy atom. The number of anilines is 1. The summed E-state index contributed by atoms with van der Waals surface area (Å²) in [4.78, 5) is -0.0711. The Balaban J connectivity index is 3.18. The van der Waals surface area contributed by atoms with E-state index in [-0.39, 0.29) is 17.1 Å². The summed E-state index contributed by atoms with van der Waals surface area (Å²) in [5.41, 5.74) is 4.82. The molecule has 0 aromatic heterocycles. The average molecular weight is 283 g/mol. The van der Waals surface area contributed by atoms with Gasteiger partial charge in [0.15, 0.2) is 0 Å². The number of sulfonamides is 1. The molecule has 0 saturated carbocycles. The first-order valence-corrected chi connectivity index (χ1v) is 7.00. The van der Waals surface area contributed by atoms with Crippen molar-refractivity contribution in [2.75, 3.05) is 19.3 Å². The van der Waals surface area contributed by atoms with Crippen molar-refractivity contribution in [2.24, 2.45) is 0 Å². The van der Waals surface area contributed by atoms with Gasteiger partial charge in [-0.3, -0.25) is 0 Å². The van der Waals surface area contributed by atoms with Crippen molar-refractivity contribution in [1.82, 2.24) is 4.31 Å². The predicted molar refractivity (Wildman–Crippen MR) is 71.7 cm³/mol. The average Bonchev–Trinajstić information content (AvgIpc) is 2.26. The van der Waals surface area contributed by atoms with Crippen molar-refractivity contribution in [1.29, 1.82) is 5.26 Å². The molecule has 7 heteroatoms. The van der Waals surface area contributed by atoms with Crippen LogP contribution in [0, 0.1) is 11.3 Å². The Hall–Kier alpha value is -1.62. The zero-order valence-electron chi connectivity index (χ0n) is 11.1. The molecule has 104 valence electrons. The SMILES string of the molecule is CN(CC(C)(C)O)S(=O)(=O)c1ccc(C#N)cc1N. The minimum atomic E-state index is -3.79. The third kappa shape index (κ3) is 3.67. The first kappa shape index (κ1) is 15.4. The summed E-state index contributed by atoms with van der Waals surface area (Å²) in [5, 5.41) is 18.4. The molecule has 0 fully saturated rings. The third-order valence-electron chi connectivity index (χ3n) is 2.44. The topological polar surface area (TPSA) is 107 Å². The molecule has 0 amide bonds. The van der Waals surface area contributed by atoms with E-state index >= 15 is 0 Å². The fourth-order valence-electron chi connectivity index (χ4n) is 1.65. The molecule has 0 saturated heterocycles. The molecule has 0 bridgehead atoms. The normalized spacial score (nSPS) is 12.4. The highest BCUT2D eigenvalue weighted by molar-refractivity contribution is 7.89. The zero-order valence-corrected chi connectivity index (χ0v) is 11.9. The van der Waals surface area contributed by atoms with Crippen LogP contribution in [0.1, 0.15) is 19.4 Å². The quantitative estimate of drug-likeness (QED) is 0.784. The van der Waals surface area contributed by atoms with E-state index in [9.17, 15) is 13.5 Å². The Morgan fingerprint density at radius 3 is 2.47 bits per heavy atom. The Morgan fingerprint density at radius 2 is 2.05 bits per heavy atom. The molecular weight excluding hydrogens is 266 g/mol. The molecule has 0 unspecified atom stereocenters. The van der Waals surface area contributed by atoms with Gasteiger partial charge >= 0.3 is 0 Å². The maximum absolute atomic E-state index is 12.3. The lowest BCUT2D eigenvalue weighted by atomic mass is 10.1. The van der Waals surface area contributed by atoms with Gasteiger partial charge in [-0.05, 0) is 32.0 Å². The summed E-state index contributed by atoms with van der Waals surface area (Å²) in [7, 11) is -2.42. The van der Waals surface area contributed by atoms with Gasteiger partial charge in [0.1, 0.15) is 4.90 Å². The van der Waals surface area contributed by atoms with Crippen molar-refractivity contribution in [3.63, 3.8) is 0 Å². The van der Waals surface area contributed by atoms with Crippen LogP contribution < -0.4 is 5.73 Å². The summed E-state index contributed by atoms with van der Waals surface area (Å²) in [6.45, 7) is 2.97. The molecule has 0 radical (unpaired) electrons. The van der Waals surface area contributed by atoms with Gasteiger partial charge in [-0.2, -0.15) is 9.57 Å². The van der Waals surface area contributed by atoms with Gasteiger partial charge in [0.05, 0.1) is 22.9 Å². The van der Waals surface area contributed by atoms with E-state index in [1.807, 2.05) is 6.07 Å². The van der Waals surface area contributed by atoms with Crippen LogP contribution in [0.3, 0.4) is 0 Å². The van der Waals surface area contributed by atoms with Crippen molar-refractivity contribution in [3.8, 4) is 6.07 Å². The van der Waals surface area contributed by atoms with E-state index in [2.05, 4.69) is 0 Å². The molecule has 3 N–H and O–H groups in total. The zero-order chi connectivity index (χ0) is 14.8. The number of benzene rings is 1. The molecule has 0 aliphatic rings. The summed E-state index contributed by atoms with van der Waals surface area (Å²) < 4.78 is 25.6. The monoisotopic (exact) mass is 283 g/mol. The van der Waals surface area contributed by atoms with E-state index in [0.29, 0.717) is 5.56 Å². The van der Waals surface area contributed by atoms with Gasteiger partial charge in [-0.15, -0.1) is 0 Å². The molecule has 0 aliphatic heterocycles. The van der Waals surface area contributed by atoms with Gasteiger partial charge in [0.2, 0.25) is 10.0 Å². The predicted octanol–water partition coefficient (Wildman–Crippen LogP) is 0.532. The van der Waals surface area contributed by atoms with E-state index in [1.165, 1.54) is 39.1 Å². The first-order chi connectivity index (χ1) is 8.58. The second-order valence-corrected chi connectivity index (χ2v) is 6.95. The molecule has 0 aliphatic carbocycles. The molecule has 0 heterocycles. The van der Waals surface area contributed by atoms with Crippen molar-refractivity contribution in [3.05, 3.63) is 23.8 Å². The number of nitriles is 1. The molecule has 0 spiro atoms. The largest absolute Gasteiger partial charge is 0.398 e. The summed E-state index contributed by atoms with van der Waals surface area (Å²) in [6, 6.07) is 5.88. The van der Waals surface area contributed by atoms with Crippen molar-refractivity contribution < 1.29 is 13.5 Å². The fourth-order valence-corrected chi connectivity index (χ4v) is 3.07. The number of nitrogens with zero attached hydrogens (tertiary/aromatic N) is 2. The van der Waals surface area contributed by atoms with Crippen LogP contribution in [0.4, 0.5) is 5.69 Å². The number of aliphatic hydroxyl groups is 1. The van der Waals surface area contributed by atoms with Gasteiger partial charge in [-0.1, -0.05) is 0 Å². The molecule has 1 aromatic carbocycles. The second-order valence-electron chi connectivity index (χ2n) is 4.94. The summed E-state index contributed by atoms with van der Waals surface area (Å²) in [5.74, 6) is 0. The third-order valence-corrected chi connectivity index (χ3v) is 4.31. The highest BCUT2D eigenvalue weighted by atomic mass is 32.2. The van der Waals surface area contributed by atoms with E-state index in [1.54, 1.807) is 0 Å². The summed E-state index contributed by atoms with van der Waals surface area (Å²) in [6.07, 6.45) is 0. The number of hydrogen-bond donors (Lipinski definition) is 2. The van der Waals surface area contributed by atoms with Crippen LogP contribution in [0.25, 0.3) is 0 Å². The maximum atomic E-state index is 12.3. The van der Waals surface area contributed by atoms with Gasteiger partial charge in [-0.25, -0.2) is 8.42 Å². The van der Waals surface area contributed by atoms with Gasteiger partial charge in [0.25, 0.3) is 0 Å². The van der Waals surface area contributed by atoms with Crippen molar-refractivity contribution >= 4 is 15.7 Å². The first-order valence-electron chi connectivity index (χ1n) is 5.56. The number of rotatable bonds is 4. The van der Waals surface area contributed by atoms with E-state index < -0.39 is 15.6 Å². The molecule has 0 atom stereocenters. The van der Waals surface area contributed by atoms with Crippen LogP contribution in [-0.4, -0.2) is 37.0 Å². The lowest BCUT2D eigenvalue weighted by Gasteiger charge is -2.25. The number of nitrogen functional groups attached to an aromatic ring is 1. The minimum Gasteiger partial charge on any atom is -0.398 e. The van der Waals surface area contributed by atoms with Crippen molar-refractivity contribution in [2.45, 2.75) is 24.3 Å².